The highest BCUT2D eigenvalue weighted by Crippen LogP contribution is 2.29. The Hall–Kier alpha value is -4.87. The third kappa shape index (κ3) is 6.07. The number of hydrogen-bond acceptors (Lipinski definition) is 8. The molecule has 2 N–H and O–H groups in total. The smallest absolute Gasteiger partial charge is 0.258 e. The molecule has 3 amide bonds. The van der Waals surface area contributed by atoms with Crippen molar-refractivity contribution >= 4 is 23.5 Å². The van der Waals surface area contributed by atoms with Crippen LogP contribution in [-0.2, 0) is 22.7 Å². The Morgan fingerprint density at radius 1 is 1.10 bits per heavy atom. The average molecular weight is 576 g/mol. The highest BCUT2D eigenvalue weighted by molar-refractivity contribution is 5.96. The molecule has 1 fully saturated rings. The first-order valence-corrected chi connectivity index (χ1v) is 13.6. The number of Topliss-reactive ketones (excluding diaryl/α,β-unsaturated/α-hetero) is 1. The minimum Gasteiger partial charge on any atom is -0.493 e. The first-order valence-electron chi connectivity index (χ1n) is 13.6. The molecule has 0 spiro atoms. The van der Waals surface area contributed by atoms with Crippen LogP contribution in [0.5, 0.6) is 17.2 Å². The Kier molecular flexibility index (Phi) is 8.14. The molecule has 6 rings (SSSR count). The largest absolute Gasteiger partial charge is 0.493 e. The summed E-state index contributed by atoms with van der Waals surface area (Å²) in [5.74, 6) is 0.149. The molecule has 4 heterocycles. The molecular weight excluding hydrogens is 542 g/mol. The van der Waals surface area contributed by atoms with Crippen LogP contribution in [0.15, 0.2) is 42.5 Å². The average Bonchev–Trinajstić information content (AvgIpc) is 3.49. The lowest BCUT2D eigenvalue weighted by Crippen LogP contribution is -2.45. The maximum atomic E-state index is 13.4. The van der Waals surface area contributed by atoms with Crippen LogP contribution >= 0.6 is 0 Å². The summed E-state index contributed by atoms with van der Waals surface area (Å²) in [4.78, 5) is 52.8. The van der Waals surface area contributed by atoms with E-state index in [2.05, 4.69) is 15.7 Å². The summed E-state index contributed by atoms with van der Waals surface area (Å²) < 4.78 is 18.8. The predicted molar refractivity (Wildman–Crippen MR) is 151 cm³/mol. The van der Waals surface area contributed by atoms with Crippen LogP contribution in [0.1, 0.15) is 44.6 Å². The maximum absolute atomic E-state index is 13.4. The molecule has 4 bridgehead atoms. The summed E-state index contributed by atoms with van der Waals surface area (Å²) >= 11 is 0. The topological polar surface area (TPSA) is 141 Å². The number of benzene rings is 2. The zero-order chi connectivity index (χ0) is 30.0. The van der Waals surface area contributed by atoms with E-state index in [-0.39, 0.29) is 49.6 Å². The van der Waals surface area contributed by atoms with Crippen LogP contribution in [0.4, 0.5) is 0 Å². The SMILES string of the molecule is COc1ccc2cc1OCC(=O)NCc1ccc(cc1)O[C@H]1CN(C(=O)Cn3nc(C)c(C(C)=O)c3C)C[C@@H]1NC2=O. The van der Waals surface area contributed by atoms with Crippen molar-refractivity contribution in [1.29, 1.82) is 0 Å². The van der Waals surface area contributed by atoms with E-state index in [0.29, 0.717) is 40.6 Å². The number of fused-ring (bicyclic) bond motifs is 7. The molecular formula is C30H33N5O7. The van der Waals surface area contributed by atoms with Gasteiger partial charge < -0.3 is 29.7 Å². The van der Waals surface area contributed by atoms with Gasteiger partial charge in [-0.25, -0.2) is 0 Å². The molecule has 2 aromatic carbocycles. The van der Waals surface area contributed by atoms with Crippen LogP contribution in [0.3, 0.4) is 0 Å². The van der Waals surface area contributed by atoms with Gasteiger partial charge in [0.1, 0.15) is 18.4 Å². The second-order valence-corrected chi connectivity index (χ2v) is 10.4. The van der Waals surface area contributed by atoms with Gasteiger partial charge >= 0.3 is 0 Å². The van der Waals surface area contributed by atoms with Crippen molar-refractivity contribution in [2.45, 2.75) is 46.0 Å². The lowest BCUT2D eigenvalue weighted by Gasteiger charge is -2.21. The van der Waals surface area contributed by atoms with Crippen molar-refractivity contribution in [3.05, 3.63) is 70.5 Å². The fourth-order valence-electron chi connectivity index (χ4n) is 5.26. The molecule has 0 saturated carbocycles. The van der Waals surface area contributed by atoms with Gasteiger partial charge in [-0.15, -0.1) is 0 Å². The Balaban J connectivity index is 1.41. The minimum atomic E-state index is -0.540. The molecule has 12 heteroatoms. The molecule has 0 radical (unpaired) electrons. The molecule has 220 valence electrons. The van der Waals surface area contributed by atoms with E-state index in [9.17, 15) is 19.2 Å². The predicted octanol–water partition coefficient (Wildman–Crippen LogP) is 1.81. The first kappa shape index (κ1) is 28.7. The van der Waals surface area contributed by atoms with Gasteiger partial charge in [-0.2, -0.15) is 5.10 Å². The molecule has 3 aliphatic rings. The summed E-state index contributed by atoms with van der Waals surface area (Å²) in [6, 6.07) is 11.4. The van der Waals surface area contributed by atoms with Gasteiger partial charge in [0.25, 0.3) is 11.8 Å². The summed E-state index contributed by atoms with van der Waals surface area (Å²) in [5.41, 5.74) is 2.88. The van der Waals surface area contributed by atoms with Crippen molar-refractivity contribution in [2.75, 3.05) is 26.8 Å². The number of methoxy groups -OCH3 is 1. The Morgan fingerprint density at radius 2 is 1.86 bits per heavy atom. The van der Waals surface area contributed by atoms with Crippen LogP contribution in [0.25, 0.3) is 0 Å². The van der Waals surface area contributed by atoms with Gasteiger partial charge in [-0.3, -0.25) is 23.9 Å². The minimum absolute atomic E-state index is 0.0487. The molecule has 3 aliphatic heterocycles. The molecule has 1 aromatic heterocycles. The zero-order valence-corrected chi connectivity index (χ0v) is 23.9. The lowest BCUT2D eigenvalue weighted by molar-refractivity contribution is -0.131. The molecule has 3 aromatic rings. The number of aryl methyl sites for hydroxylation is 1. The lowest BCUT2D eigenvalue weighted by atomic mass is 10.1. The molecule has 0 aliphatic carbocycles. The summed E-state index contributed by atoms with van der Waals surface area (Å²) in [6.07, 6.45) is -0.540. The van der Waals surface area contributed by atoms with Crippen molar-refractivity contribution in [3.63, 3.8) is 0 Å². The highest BCUT2D eigenvalue weighted by atomic mass is 16.5. The maximum Gasteiger partial charge on any atom is 0.258 e. The monoisotopic (exact) mass is 575 g/mol. The quantitative estimate of drug-likeness (QED) is 0.449. The second kappa shape index (κ2) is 11.9. The Morgan fingerprint density at radius 3 is 2.55 bits per heavy atom. The molecule has 0 unspecified atom stereocenters. The van der Waals surface area contributed by atoms with Gasteiger partial charge in [0.2, 0.25) is 5.91 Å². The third-order valence-electron chi connectivity index (χ3n) is 7.44. The fourth-order valence-corrected chi connectivity index (χ4v) is 5.26. The first-order chi connectivity index (χ1) is 20.1. The van der Waals surface area contributed by atoms with E-state index in [0.717, 1.165) is 5.56 Å². The van der Waals surface area contributed by atoms with E-state index >= 15 is 0 Å². The van der Waals surface area contributed by atoms with Crippen LogP contribution in [0.2, 0.25) is 0 Å². The van der Waals surface area contributed by atoms with E-state index < -0.39 is 18.1 Å². The van der Waals surface area contributed by atoms with Crippen LogP contribution < -0.4 is 24.8 Å². The summed E-state index contributed by atoms with van der Waals surface area (Å²) in [7, 11) is 1.47. The van der Waals surface area contributed by atoms with E-state index in [4.69, 9.17) is 14.2 Å². The normalized spacial score (nSPS) is 18.7. The number of ketones is 1. The Bertz CT molecular complexity index is 1530. The number of carbonyl (C=O) groups is 4. The van der Waals surface area contributed by atoms with E-state index in [1.54, 1.807) is 43.0 Å². The standard InChI is InChI=1S/C30H33N5O7/c1-17-29(19(3)36)18(2)35(33-17)15-28(38)34-13-23-26(14-34)42-22-8-5-20(6-9-22)12-31-27(37)16-41-25-11-21(30(39)32-23)7-10-24(25)40-4/h5-11,23,26H,12-16H2,1-4H3,(H,31,37)(H,32,39)/t23-,26-/m0/s1. The van der Waals surface area contributed by atoms with Gasteiger partial charge in [-0.05, 0) is 56.7 Å². The van der Waals surface area contributed by atoms with Gasteiger partial charge in [0, 0.05) is 24.3 Å². The number of carbonyl (C=O) groups excluding carboxylic acids is 4. The number of likely N-dealkylation sites (tertiary alicyclic amines) is 1. The summed E-state index contributed by atoms with van der Waals surface area (Å²) in [5, 5.41) is 10.2. The van der Waals surface area contributed by atoms with Crippen molar-refractivity contribution in [1.82, 2.24) is 25.3 Å². The summed E-state index contributed by atoms with van der Waals surface area (Å²) in [6.45, 7) is 5.43. The van der Waals surface area contributed by atoms with E-state index in [1.807, 2.05) is 12.1 Å². The number of aromatic nitrogens is 2. The molecule has 42 heavy (non-hydrogen) atoms. The third-order valence-corrected chi connectivity index (χ3v) is 7.44. The Labute approximate surface area is 242 Å². The number of hydrogen-bond donors (Lipinski definition) is 2. The van der Waals surface area contributed by atoms with Gasteiger partial charge in [-0.1, -0.05) is 12.1 Å². The van der Waals surface area contributed by atoms with Gasteiger partial charge in [0.15, 0.2) is 23.9 Å². The highest BCUT2D eigenvalue weighted by Gasteiger charge is 2.38. The van der Waals surface area contributed by atoms with Crippen molar-refractivity contribution < 1.29 is 33.4 Å². The molecule has 12 nitrogen and oxygen atoms in total. The van der Waals surface area contributed by atoms with Crippen molar-refractivity contribution in [3.8, 4) is 17.2 Å². The molecule has 1 saturated heterocycles. The fraction of sp³-hybridized carbons (Fsp3) is 0.367. The van der Waals surface area contributed by atoms with Crippen LogP contribution in [0, 0.1) is 13.8 Å². The number of nitrogens with one attached hydrogen (secondary N) is 2. The zero-order valence-electron chi connectivity index (χ0n) is 23.9. The van der Waals surface area contributed by atoms with E-state index in [1.165, 1.54) is 24.8 Å². The number of rotatable bonds is 4. The number of nitrogens with zero attached hydrogens (tertiary/aromatic N) is 3. The second-order valence-electron chi connectivity index (χ2n) is 10.4. The van der Waals surface area contributed by atoms with Crippen molar-refractivity contribution in [2.24, 2.45) is 0 Å². The number of amides is 3. The van der Waals surface area contributed by atoms with Gasteiger partial charge in [0.05, 0.1) is 31.0 Å². The molecule has 2 atom stereocenters. The number of ether oxygens (including phenoxy) is 3. The van der Waals surface area contributed by atoms with Crippen LogP contribution in [-0.4, -0.2) is 77.1 Å².